The first-order valence-corrected chi connectivity index (χ1v) is 43.0. The van der Waals surface area contributed by atoms with Crippen LogP contribution in [0.3, 0.4) is 0 Å². The van der Waals surface area contributed by atoms with Gasteiger partial charge in [-0.3, -0.25) is 37.3 Å². The molecule has 0 saturated carbocycles. The lowest BCUT2D eigenvalue weighted by Gasteiger charge is -2.21. The number of allylic oxidation sites excluding steroid dienone is 30. The lowest BCUT2D eigenvalue weighted by atomic mass is 10.1. The molecule has 600 valence electrons. The molecule has 0 radical (unpaired) electrons. The zero-order chi connectivity index (χ0) is 77.4. The number of ether oxygens (including phenoxy) is 4. The van der Waals surface area contributed by atoms with Gasteiger partial charge in [0.05, 0.1) is 26.4 Å². The minimum atomic E-state index is -5.02. The van der Waals surface area contributed by atoms with E-state index in [1.807, 2.05) is 42.5 Å². The third-order valence-electron chi connectivity index (χ3n) is 15.8. The number of hydrogen-bond acceptors (Lipinski definition) is 15. The van der Waals surface area contributed by atoms with Gasteiger partial charge in [0, 0.05) is 25.7 Å². The average molecular weight is 1520 g/mol. The monoisotopic (exact) mass is 1520 g/mol. The Morgan fingerprint density at radius 1 is 0.274 bits per heavy atom. The van der Waals surface area contributed by atoms with Gasteiger partial charge in [0.1, 0.15) is 19.3 Å². The fourth-order valence-electron chi connectivity index (χ4n) is 9.75. The van der Waals surface area contributed by atoms with Gasteiger partial charge >= 0.3 is 39.5 Å². The summed E-state index contributed by atoms with van der Waals surface area (Å²) in [6, 6.07) is 0. The Kier molecular flexibility index (Phi) is 73.1. The normalized spacial score (nSPS) is 14.8. The maximum atomic E-state index is 13.1. The number of phosphoric acid groups is 2. The van der Waals surface area contributed by atoms with Crippen molar-refractivity contribution in [2.75, 3.05) is 39.6 Å². The molecule has 0 fully saturated rings. The predicted molar refractivity (Wildman–Crippen MR) is 436 cm³/mol. The van der Waals surface area contributed by atoms with Crippen molar-refractivity contribution >= 4 is 39.5 Å². The fourth-order valence-corrected chi connectivity index (χ4v) is 11.3. The smallest absolute Gasteiger partial charge is 0.462 e. The second kappa shape index (κ2) is 77.3. The summed E-state index contributed by atoms with van der Waals surface area (Å²) in [5.41, 5.74) is 0. The molecule has 0 rings (SSSR count). The third-order valence-corrected chi connectivity index (χ3v) is 17.7. The van der Waals surface area contributed by atoms with Crippen LogP contribution < -0.4 is 0 Å². The number of aliphatic hydroxyl groups excluding tert-OH is 1. The molecule has 17 nitrogen and oxygen atoms in total. The van der Waals surface area contributed by atoms with Crippen molar-refractivity contribution < 1.29 is 80.2 Å². The van der Waals surface area contributed by atoms with E-state index >= 15 is 0 Å². The second-order valence-corrected chi connectivity index (χ2v) is 28.8. The molecule has 0 spiro atoms. The molecule has 0 aliphatic carbocycles. The number of carbonyl (C=O) groups is 4. The average Bonchev–Trinajstić information content (AvgIpc) is 0.901. The van der Waals surface area contributed by atoms with Gasteiger partial charge in [-0.1, -0.05) is 274 Å². The van der Waals surface area contributed by atoms with E-state index in [2.05, 4.69) is 167 Å². The van der Waals surface area contributed by atoms with E-state index in [1.165, 1.54) is 64.2 Å². The predicted octanol–water partition coefficient (Wildman–Crippen LogP) is 23.6. The number of rotatable bonds is 73. The largest absolute Gasteiger partial charge is 0.472 e. The Balaban J connectivity index is 5.55. The topological polar surface area (TPSA) is 237 Å². The van der Waals surface area contributed by atoms with Crippen molar-refractivity contribution in [2.24, 2.45) is 0 Å². The van der Waals surface area contributed by atoms with Crippen LogP contribution in [0.5, 0.6) is 0 Å². The number of phosphoric ester groups is 2. The van der Waals surface area contributed by atoms with E-state index in [4.69, 9.17) is 37.0 Å². The van der Waals surface area contributed by atoms with E-state index in [-0.39, 0.29) is 25.7 Å². The molecule has 19 heteroatoms. The van der Waals surface area contributed by atoms with Crippen LogP contribution >= 0.6 is 15.6 Å². The van der Waals surface area contributed by atoms with Gasteiger partial charge < -0.3 is 33.8 Å². The SMILES string of the molecule is CC/C=C\C/C=C\C/C=C\C/C=C\C/C=C\C/C=C\CCC(=O)O[C@H](COC(=O)CCC/C=C\C/C=C\C/C=C\C/C=C\CCCCC)COP(=O)(O)OC[C@@H](O)COP(=O)(O)OC[C@@H](COC(=O)CCC/C=C\C/C=C\C/C=C\C/C=C\CCCCC)OC(=O)CCCCCCC/C=C\CCCCCC. The maximum absolute atomic E-state index is 13.1. The lowest BCUT2D eigenvalue weighted by molar-refractivity contribution is -0.161. The Bertz CT molecular complexity index is 2730. The van der Waals surface area contributed by atoms with Gasteiger partial charge in [0.15, 0.2) is 12.2 Å². The molecule has 5 atom stereocenters. The van der Waals surface area contributed by atoms with Crippen molar-refractivity contribution in [3.05, 3.63) is 182 Å². The summed E-state index contributed by atoms with van der Waals surface area (Å²) in [7, 11) is -10.0. The number of hydrogen-bond donors (Lipinski definition) is 3. The minimum Gasteiger partial charge on any atom is -0.462 e. The van der Waals surface area contributed by atoms with Crippen molar-refractivity contribution in [1.29, 1.82) is 0 Å². The molecule has 0 bridgehead atoms. The summed E-state index contributed by atoms with van der Waals surface area (Å²) in [4.78, 5) is 73.0. The van der Waals surface area contributed by atoms with Crippen LogP contribution in [0.25, 0.3) is 0 Å². The van der Waals surface area contributed by atoms with Crippen LogP contribution in [0.15, 0.2) is 182 Å². The van der Waals surface area contributed by atoms with E-state index in [0.29, 0.717) is 44.9 Å². The van der Waals surface area contributed by atoms with Gasteiger partial charge in [0.25, 0.3) is 0 Å². The minimum absolute atomic E-state index is 0.0504. The summed E-state index contributed by atoms with van der Waals surface area (Å²) in [5.74, 6) is -2.43. The van der Waals surface area contributed by atoms with Gasteiger partial charge in [-0.2, -0.15) is 0 Å². The number of carbonyl (C=O) groups excluding carboxylic acids is 4. The Morgan fingerprint density at radius 2 is 0.519 bits per heavy atom. The van der Waals surface area contributed by atoms with Crippen molar-refractivity contribution in [1.82, 2.24) is 0 Å². The molecule has 0 heterocycles. The summed E-state index contributed by atoms with van der Waals surface area (Å²) < 4.78 is 68.4. The summed E-state index contributed by atoms with van der Waals surface area (Å²) in [5, 5.41) is 10.6. The first kappa shape index (κ1) is 100. The molecule has 3 N–H and O–H groups in total. The molecule has 2 unspecified atom stereocenters. The van der Waals surface area contributed by atoms with Gasteiger partial charge in [-0.05, 0) is 167 Å². The fraction of sp³-hybridized carbons (Fsp3) is 0.609. The summed E-state index contributed by atoms with van der Waals surface area (Å²) in [6.07, 6.45) is 93.3. The van der Waals surface area contributed by atoms with Crippen LogP contribution in [0.1, 0.15) is 285 Å². The first-order valence-electron chi connectivity index (χ1n) is 40.0. The maximum Gasteiger partial charge on any atom is 0.472 e. The molecule has 0 aliphatic heterocycles. The van der Waals surface area contributed by atoms with Crippen molar-refractivity contribution in [3.63, 3.8) is 0 Å². The molecule has 0 aromatic heterocycles. The molecule has 106 heavy (non-hydrogen) atoms. The molecule has 0 saturated heterocycles. The van der Waals surface area contributed by atoms with Crippen LogP contribution in [-0.4, -0.2) is 96.7 Å². The van der Waals surface area contributed by atoms with Crippen molar-refractivity contribution in [3.8, 4) is 0 Å². The molecule has 0 aromatic carbocycles. The number of aliphatic hydroxyl groups is 1. The molecular weight excluding hydrogens is 1380 g/mol. The number of esters is 4. The molecule has 0 aromatic rings. The number of unbranched alkanes of at least 4 members (excludes halogenated alkanes) is 17. The van der Waals surface area contributed by atoms with E-state index in [9.17, 15) is 43.2 Å². The quantitative estimate of drug-likeness (QED) is 0.0169. The lowest BCUT2D eigenvalue weighted by Crippen LogP contribution is -2.30. The van der Waals surface area contributed by atoms with Crippen molar-refractivity contribution in [2.45, 2.75) is 303 Å². The first-order chi connectivity index (χ1) is 51.7. The Hall–Kier alpha value is -5.84. The van der Waals surface area contributed by atoms with E-state index in [1.54, 1.807) is 0 Å². The standard InChI is InChI=1S/C87H140O17P2/c1-5-9-13-17-21-25-29-33-36-39-40-43-46-50-54-58-62-66-70-74-87(92)104-83(78-98-85(90)72-68-64-60-56-52-49-45-42-38-35-31-27-23-19-15-11-7-3)80-102-106(95,96)100-76-81(88)75-99-105(93,94)101-79-82(103-86(91)73-69-65-61-57-53-47-32-28-24-20-16-12-8-4)77-97-84(89)71-67-63-59-55-51-48-44-41-37-34-30-26-22-18-14-10-6-2/h9,13,21-23,25-28,32-38,40,43-45,48-50,54-56,59-60,62,66,81-83,88H,5-8,10-12,14-20,24,29-31,39,41-42,46-47,51-53,57-58,61,63-65,67-80H2,1-4H3,(H,93,94)(H,95,96)/b13-9-,25-21-,26-22-,27-23-,32-28-,36-33-,37-34-,38-35-,43-40-,48-44-,49-45-,54-50-,59-55-,60-56-,66-62-/t81-,82+,83+/m0/s1. The molecule has 0 amide bonds. The van der Waals surface area contributed by atoms with Crippen LogP contribution in [0.2, 0.25) is 0 Å². The second-order valence-electron chi connectivity index (χ2n) is 25.9. The Labute approximate surface area is 641 Å². The van der Waals surface area contributed by atoms with Crippen LogP contribution in [0, 0.1) is 0 Å². The Morgan fingerprint density at radius 3 is 0.868 bits per heavy atom. The highest BCUT2D eigenvalue weighted by Crippen LogP contribution is 2.45. The molecular formula is C87H140O17P2. The van der Waals surface area contributed by atoms with Crippen LogP contribution in [-0.2, 0) is 65.4 Å². The summed E-state index contributed by atoms with van der Waals surface area (Å²) in [6.45, 7) is 4.44. The van der Waals surface area contributed by atoms with E-state index < -0.39 is 97.5 Å². The third kappa shape index (κ3) is 76.4. The zero-order valence-electron chi connectivity index (χ0n) is 65.5. The van der Waals surface area contributed by atoms with Gasteiger partial charge in [0.2, 0.25) is 0 Å². The highest BCUT2D eigenvalue weighted by atomic mass is 31.2. The highest BCUT2D eigenvalue weighted by Gasteiger charge is 2.30. The molecule has 0 aliphatic rings. The summed E-state index contributed by atoms with van der Waals surface area (Å²) >= 11 is 0. The van der Waals surface area contributed by atoms with Crippen LogP contribution in [0.4, 0.5) is 0 Å². The van der Waals surface area contributed by atoms with E-state index in [0.717, 1.165) is 122 Å². The van der Waals surface area contributed by atoms with Gasteiger partial charge in [-0.15, -0.1) is 0 Å². The zero-order valence-corrected chi connectivity index (χ0v) is 67.3. The van der Waals surface area contributed by atoms with Gasteiger partial charge in [-0.25, -0.2) is 9.13 Å². The highest BCUT2D eigenvalue weighted by molar-refractivity contribution is 7.47.